The van der Waals surface area contributed by atoms with Crippen LogP contribution in [0, 0.1) is 5.92 Å². The van der Waals surface area contributed by atoms with Gasteiger partial charge < -0.3 is 23.9 Å². The molecule has 0 bridgehead atoms. The molecule has 4 rings (SSSR count). The maximum atomic E-state index is 12.7. The lowest BCUT2D eigenvalue weighted by Crippen LogP contribution is -2.33. The quantitative estimate of drug-likeness (QED) is 0.482. The fourth-order valence-corrected chi connectivity index (χ4v) is 4.12. The maximum Gasteiger partial charge on any atom is 0.277 e. The molecule has 1 unspecified atom stereocenters. The minimum Gasteiger partial charge on any atom is -0.496 e. The molecule has 1 aliphatic heterocycles. The number of amides is 1. The van der Waals surface area contributed by atoms with Crippen LogP contribution in [0.1, 0.15) is 31.9 Å². The molecular weight excluding hydrogens is 442 g/mol. The number of para-hydroxylation sites is 1. The number of rotatable bonds is 8. The first-order valence-corrected chi connectivity index (χ1v) is 11.8. The van der Waals surface area contributed by atoms with E-state index in [1.54, 1.807) is 7.11 Å². The first kappa shape index (κ1) is 23.0. The van der Waals surface area contributed by atoms with Crippen LogP contribution in [0.4, 0.5) is 0 Å². The topological polar surface area (TPSA) is 95.7 Å². The summed E-state index contributed by atoms with van der Waals surface area (Å²) in [7, 11) is 1.59. The lowest BCUT2D eigenvalue weighted by atomic mass is 9.95. The molecule has 9 heteroatoms. The molecule has 0 aliphatic carbocycles. The van der Waals surface area contributed by atoms with E-state index in [1.165, 1.54) is 11.8 Å². The zero-order chi connectivity index (χ0) is 23.2. The van der Waals surface area contributed by atoms with Crippen LogP contribution in [0.5, 0.6) is 17.2 Å². The molecule has 8 nitrogen and oxygen atoms in total. The second-order valence-electron chi connectivity index (χ2n) is 7.91. The molecule has 2 heterocycles. The highest BCUT2D eigenvalue weighted by molar-refractivity contribution is 7.99. The number of ether oxygens (including phenoxy) is 3. The molecule has 1 aliphatic rings. The Morgan fingerprint density at radius 3 is 2.70 bits per heavy atom. The van der Waals surface area contributed by atoms with E-state index in [1.807, 2.05) is 42.5 Å². The van der Waals surface area contributed by atoms with Gasteiger partial charge in [-0.15, -0.1) is 10.2 Å². The van der Waals surface area contributed by atoms with Gasteiger partial charge in [0.05, 0.1) is 37.7 Å². The Hall–Kier alpha value is -3.20. The molecule has 0 saturated heterocycles. The smallest absolute Gasteiger partial charge is 0.277 e. The van der Waals surface area contributed by atoms with E-state index in [0.717, 1.165) is 17.7 Å². The van der Waals surface area contributed by atoms with Crippen molar-refractivity contribution < 1.29 is 23.4 Å². The molecule has 0 spiro atoms. The van der Waals surface area contributed by atoms with Gasteiger partial charge in [0.25, 0.3) is 11.1 Å². The molecule has 1 amide bonds. The van der Waals surface area contributed by atoms with Crippen LogP contribution >= 0.6 is 11.8 Å². The van der Waals surface area contributed by atoms with Crippen molar-refractivity contribution in [3.05, 3.63) is 48.0 Å². The van der Waals surface area contributed by atoms with Crippen LogP contribution < -0.4 is 19.5 Å². The Morgan fingerprint density at radius 1 is 1.12 bits per heavy atom. The summed E-state index contributed by atoms with van der Waals surface area (Å²) in [5.41, 5.74) is 1.68. The van der Waals surface area contributed by atoms with Crippen LogP contribution in [0.3, 0.4) is 0 Å². The molecular formula is C24H27N3O5S. The Kier molecular flexibility index (Phi) is 7.39. The highest BCUT2D eigenvalue weighted by Crippen LogP contribution is 2.34. The summed E-state index contributed by atoms with van der Waals surface area (Å²) in [5.74, 6) is 2.67. The van der Waals surface area contributed by atoms with E-state index in [4.69, 9.17) is 18.6 Å². The van der Waals surface area contributed by atoms with Crippen molar-refractivity contribution in [2.45, 2.75) is 31.5 Å². The zero-order valence-corrected chi connectivity index (χ0v) is 19.7. The van der Waals surface area contributed by atoms with Gasteiger partial charge in [0.1, 0.15) is 5.75 Å². The molecule has 33 heavy (non-hydrogen) atoms. The van der Waals surface area contributed by atoms with E-state index in [0.29, 0.717) is 41.4 Å². The third-order valence-corrected chi connectivity index (χ3v) is 6.00. The van der Waals surface area contributed by atoms with Gasteiger partial charge in [0.2, 0.25) is 5.91 Å². The number of benzene rings is 2. The van der Waals surface area contributed by atoms with Crippen molar-refractivity contribution in [2.75, 3.05) is 26.1 Å². The minimum atomic E-state index is -0.165. The Bertz CT molecular complexity index is 1100. The number of nitrogens with zero attached hydrogens (tertiary/aromatic N) is 2. The van der Waals surface area contributed by atoms with Crippen molar-refractivity contribution in [2.24, 2.45) is 5.92 Å². The number of thioether (sulfide) groups is 1. The van der Waals surface area contributed by atoms with Crippen molar-refractivity contribution in [1.29, 1.82) is 0 Å². The Balaban J connectivity index is 1.39. The molecule has 0 radical (unpaired) electrons. The van der Waals surface area contributed by atoms with Gasteiger partial charge in [0.15, 0.2) is 11.5 Å². The van der Waals surface area contributed by atoms with E-state index in [9.17, 15) is 4.79 Å². The van der Waals surface area contributed by atoms with Crippen LogP contribution in [-0.4, -0.2) is 42.2 Å². The van der Waals surface area contributed by atoms with Crippen molar-refractivity contribution in [1.82, 2.24) is 15.5 Å². The monoisotopic (exact) mass is 469 g/mol. The molecule has 0 fully saturated rings. The molecule has 1 atom stereocenters. The molecule has 2 aromatic carbocycles. The van der Waals surface area contributed by atoms with Gasteiger partial charge in [-0.05, 0) is 35.7 Å². The van der Waals surface area contributed by atoms with E-state index in [2.05, 4.69) is 29.4 Å². The lowest BCUT2D eigenvalue weighted by molar-refractivity contribution is -0.119. The fraction of sp³-hybridized carbons (Fsp3) is 0.375. The number of carbonyl (C=O) groups excluding carboxylic acids is 1. The van der Waals surface area contributed by atoms with Crippen LogP contribution in [0.25, 0.3) is 11.5 Å². The summed E-state index contributed by atoms with van der Waals surface area (Å²) < 4.78 is 22.6. The first-order valence-electron chi connectivity index (χ1n) is 10.8. The minimum absolute atomic E-state index is 0.122. The fourth-order valence-electron chi connectivity index (χ4n) is 3.55. The van der Waals surface area contributed by atoms with Crippen LogP contribution in [0.2, 0.25) is 0 Å². The molecule has 1 N–H and O–H groups in total. The van der Waals surface area contributed by atoms with Gasteiger partial charge in [0, 0.05) is 6.42 Å². The molecule has 174 valence electrons. The average molecular weight is 470 g/mol. The lowest BCUT2D eigenvalue weighted by Gasteiger charge is -2.23. The third kappa shape index (κ3) is 5.60. The van der Waals surface area contributed by atoms with Crippen molar-refractivity contribution in [3.8, 4) is 28.7 Å². The number of carbonyl (C=O) groups is 1. The Labute approximate surface area is 197 Å². The van der Waals surface area contributed by atoms with Crippen molar-refractivity contribution >= 4 is 17.7 Å². The number of methoxy groups -OCH3 is 1. The largest absolute Gasteiger partial charge is 0.496 e. The standard InChI is InChI=1S/C24H27N3O5S/c1-15(2)22(16-9-10-19-20(13-16)31-12-6-11-30-19)25-21(28)14-33-24-27-26-23(32-24)17-7-4-5-8-18(17)29-3/h4-5,7-10,13,15,22H,6,11-12,14H2,1-3H3,(H,25,28). The number of aromatic nitrogens is 2. The highest BCUT2D eigenvalue weighted by Gasteiger charge is 2.22. The van der Waals surface area contributed by atoms with E-state index >= 15 is 0 Å². The van der Waals surface area contributed by atoms with Gasteiger partial charge in [-0.2, -0.15) is 0 Å². The summed E-state index contributed by atoms with van der Waals surface area (Å²) in [6, 6.07) is 13.1. The van der Waals surface area contributed by atoms with Crippen LogP contribution in [0.15, 0.2) is 52.1 Å². The predicted molar refractivity (Wildman–Crippen MR) is 125 cm³/mol. The van der Waals surface area contributed by atoms with E-state index < -0.39 is 0 Å². The molecule has 1 aromatic heterocycles. The van der Waals surface area contributed by atoms with Crippen LogP contribution in [-0.2, 0) is 4.79 Å². The zero-order valence-electron chi connectivity index (χ0n) is 18.9. The number of hydrogen-bond donors (Lipinski definition) is 1. The predicted octanol–water partition coefficient (Wildman–Crippen LogP) is 4.51. The SMILES string of the molecule is COc1ccccc1-c1nnc(SCC(=O)NC(c2ccc3c(c2)OCCCO3)C(C)C)o1. The van der Waals surface area contributed by atoms with Gasteiger partial charge in [-0.3, -0.25) is 4.79 Å². The summed E-state index contributed by atoms with van der Waals surface area (Å²) in [6.07, 6.45) is 0.847. The maximum absolute atomic E-state index is 12.7. The molecule has 0 saturated carbocycles. The number of fused-ring (bicyclic) bond motifs is 1. The van der Waals surface area contributed by atoms with Crippen molar-refractivity contribution in [3.63, 3.8) is 0 Å². The number of nitrogens with one attached hydrogen (secondary N) is 1. The normalized spacial score (nSPS) is 13.9. The summed E-state index contributed by atoms with van der Waals surface area (Å²) in [4.78, 5) is 12.7. The third-order valence-electron chi connectivity index (χ3n) is 5.18. The highest BCUT2D eigenvalue weighted by atomic mass is 32.2. The average Bonchev–Trinajstić information content (AvgIpc) is 3.18. The second kappa shape index (κ2) is 10.6. The summed E-state index contributed by atoms with van der Waals surface area (Å²) in [6.45, 7) is 5.40. The molecule has 3 aromatic rings. The first-order chi connectivity index (χ1) is 16.0. The second-order valence-corrected chi connectivity index (χ2v) is 8.83. The van der Waals surface area contributed by atoms with E-state index in [-0.39, 0.29) is 23.6 Å². The van der Waals surface area contributed by atoms with Gasteiger partial charge in [-0.1, -0.05) is 43.8 Å². The number of hydrogen-bond acceptors (Lipinski definition) is 8. The van der Waals surface area contributed by atoms with Gasteiger partial charge in [-0.25, -0.2) is 0 Å². The summed E-state index contributed by atoms with van der Waals surface area (Å²) in [5, 5.41) is 11.6. The summed E-state index contributed by atoms with van der Waals surface area (Å²) >= 11 is 1.19. The Morgan fingerprint density at radius 2 is 1.91 bits per heavy atom. The van der Waals surface area contributed by atoms with Gasteiger partial charge >= 0.3 is 0 Å².